The lowest BCUT2D eigenvalue weighted by molar-refractivity contribution is 0.240. The normalized spacial score (nSPS) is 16.4. The Morgan fingerprint density at radius 1 is 1.00 bits per heavy atom. The minimum absolute atomic E-state index is 1.04. The molecular weight excluding hydrogens is 246 g/mol. The van der Waals surface area contributed by atoms with Crippen molar-refractivity contribution in [1.82, 2.24) is 10.2 Å². The summed E-state index contributed by atoms with van der Waals surface area (Å²) in [6, 6.07) is 15.0. The maximum absolute atomic E-state index is 3.58. The molecule has 0 radical (unpaired) electrons. The zero-order valence-corrected chi connectivity index (χ0v) is 11.9. The van der Waals surface area contributed by atoms with E-state index in [4.69, 9.17) is 0 Å². The summed E-state index contributed by atoms with van der Waals surface area (Å²) in [6.45, 7) is 6.88. The summed E-state index contributed by atoms with van der Waals surface area (Å²) in [4.78, 5) is 2.54. The molecule has 3 rings (SSSR count). The van der Waals surface area contributed by atoms with E-state index in [9.17, 15) is 0 Å². The van der Waals surface area contributed by atoms with E-state index in [-0.39, 0.29) is 0 Å². The van der Waals surface area contributed by atoms with Gasteiger partial charge in [0.25, 0.3) is 0 Å². The lowest BCUT2D eigenvalue weighted by Gasteiger charge is -2.27. The fourth-order valence-electron chi connectivity index (χ4n) is 2.84. The van der Waals surface area contributed by atoms with Crippen LogP contribution in [0.1, 0.15) is 6.42 Å². The molecule has 2 aromatic carbocycles. The first-order valence-electron chi connectivity index (χ1n) is 7.58. The summed E-state index contributed by atoms with van der Waals surface area (Å²) in [5.41, 5.74) is 1.25. The number of piperazine rings is 1. The largest absolute Gasteiger partial charge is 0.384 e. The second-order valence-corrected chi connectivity index (χ2v) is 5.40. The Balaban J connectivity index is 1.52. The van der Waals surface area contributed by atoms with Crippen LogP contribution in [-0.4, -0.2) is 44.2 Å². The van der Waals surface area contributed by atoms with Crippen LogP contribution in [0.2, 0.25) is 0 Å². The van der Waals surface area contributed by atoms with Gasteiger partial charge in [0, 0.05) is 43.8 Å². The maximum atomic E-state index is 3.58. The number of hydrogen-bond donors (Lipinski definition) is 2. The number of fused-ring (bicyclic) bond motifs is 1. The van der Waals surface area contributed by atoms with Crippen LogP contribution in [0.25, 0.3) is 10.8 Å². The van der Waals surface area contributed by atoms with E-state index in [1.54, 1.807) is 0 Å². The first kappa shape index (κ1) is 13.4. The Labute approximate surface area is 121 Å². The quantitative estimate of drug-likeness (QED) is 0.817. The minimum atomic E-state index is 1.04. The van der Waals surface area contributed by atoms with Crippen LogP contribution in [0.3, 0.4) is 0 Å². The first-order chi connectivity index (χ1) is 9.93. The topological polar surface area (TPSA) is 27.3 Å². The van der Waals surface area contributed by atoms with Gasteiger partial charge in [-0.2, -0.15) is 0 Å². The molecule has 0 aromatic heterocycles. The van der Waals surface area contributed by atoms with Gasteiger partial charge in [-0.3, -0.25) is 0 Å². The van der Waals surface area contributed by atoms with Crippen molar-refractivity contribution in [1.29, 1.82) is 0 Å². The average Bonchev–Trinajstić information content (AvgIpc) is 2.53. The summed E-state index contributed by atoms with van der Waals surface area (Å²) < 4.78 is 0. The fraction of sp³-hybridized carbons (Fsp3) is 0.412. The molecule has 0 unspecified atom stereocenters. The lowest BCUT2D eigenvalue weighted by atomic mass is 10.1. The van der Waals surface area contributed by atoms with Gasteiger partial charge in [0.05, 0.1) is 0 Å². The molecular formula is C17H23N3. The molecule has 0 spiro atoms. The van der Waals surface area contributed by atoms with Crippen LogP contribution in [-0.2, 0) is 0 Å². The zero-order chi connectivity index (χ0) is 13.6. The summed E-state index contributed by atoms with van der Waals surface area (Å²) in [5.74, 6) is 0. The van der Waals surface area contributed by atoms with Crippen molar-refractivity contribution in [3.05, 3.63) is 42.5 Å². The van der Waals surface area contributed by atoms with Gasteiger partial charge in [-0.25, -0.2) is 0 Å². The van der Waals surface area contributed by atoms with Crippen LogP contribution >= 0.6 is 0 Å². The van der Waals surface area contributed by atoms with Crippen molar-refractivity contribution in [2.45, 2.75) is 6.42 Å². The predicted molar refractivity (Wildman–Crippen MR) is 86.4 cm³/mol. The molecule has 2 N–H and O–H groups in total. The molecule has 3 heteroatoms. The highest BCUT2D eigenvalue weighted by atomic mass is 15.2. The lowest BCUT2D eigenvalue weighted by Crippen LogP contribution is -2.44. The Bertz CT molecular complexity index is 541. The Morgan fingerprint density at radius 2 is 1.80 bits per heavy atom. The molecule has 0 aliphatic carbocycles. The summed E-state index contributed by atoms with van der Waals surface area (Å²) in [5, 5.41) is 9.60. The fourth-order valence-corrected chi connectivity index (χ4v) is 2.84. The van der Waals surface area contributed by atoms with Crippen molar-refractivity contribution in [3.63, 3.8) is 0 Å². The van der Waals surface area contributed by atoms with Crippen molar-refractivity contribution < 1.29 is 0 Å². The van der Waals surface area contributed by atoms with Gasteiger partial charge in [-0.1, -0.05) is 36.4 Å². The van der Waals surface area contributed by atoms with Gasteiger partial charge in [0.2, 0.25) is 0 Å². The molecule has 2 aromatic rings. The molecule has 1 heterocycles. The number of nitrogens with one attached hydrogen (secondary N) is 2. The van der Waals surface area contributed by atoms with Crippen LogP contribution in [0.4, 0.5) is 5.69 Å². The van der Waals surface area contributed by atoms with Crippen LogP contribution in [0, 0.1) is 0 Å². The van der Waals surface area contributed by atoms with E-state index in [1.165, 1.54) is 42.5 Å². The molecule has 20 heavy (non-hydrogen) atoms. The maximum Gasteiger partial charge on any atom is 0.0419 e. The van der Waals surface area contributed by atoms with Gasteiger partial charge >= 0.3 is 0 Å². The Morgan fingerprint density at radius 3 is 2.70 bits per heavy atom. The van der Waals surface area contributed by atoms with E-state index >= 15 is 0 Å². The second kappa shape index (κ2) is 6.73. The molecule has 0 saturated carbocycles. The number of hydrogen-bond acceptors (Lipinski definition) is 3. The van der Waals surface area contributed by atoms with Gasteiger partial charge in [-0.15, -0.1) is 0 Å². The zero-order valence-electron chi connectivity index (χ0n) is 11.9. The number of rotatable bonds is 5. The van der Waals surface area contributed by atoms with Gasteiger partial charge in [-0.05, 0) is 24.4 Å². The highest BCUT2D eigenvalue weighted by molar-refractivity contribution is 5.93. The van der Waals surface area contributed by atoms with E-state index < -0.39 is 0 Å². The Hall–Kier alpha value is -1.58. The standard InChI is InChI=1S/C17H23N3/c1-2-7-16-15(5-1)6-3-8-17(16)19-9-4-12-20-13-10-18-11-14-20/h1-3,5-8,18-19H,4,9-14H2. The highest BCUT2D eigenvalue weighted by Gasteiger charge is 2.08. The van der Waals surface area contributed by atoms with E-state index in [1.807, 2.05) is 0 Å². The van der Waals surface area contributed by atoms with Crippen LogP contribution < -0.4 is 10.6 Å². The molecule has 3 nitrogen and oxygen atoms in total. The molecule has 1 aliphatic heterocycles. The first-order valence-corrected chi connectivity index (χ1v) is 7.58. The summed E-state index contributed by atoms with van der Waals surface area (Å²) in [6.07, 6.45) is 1.20. The van der Waals surface area contributed by atoms with Crippen molar-refractivity contribution >= 4 is 16.5 Å². The monoisotopic (exact) mass is 269 g/mol. The summed E-state index contributed by atoms with van der Waals surface area (Å²) >= 11 is 0. The number of anilines is 1. The number of nitrogens with zero attached hydrogens (tertiary/aromatic N) is 1. The van der Waals surface area contributed by atoms with Crippen molar-refractivity contribution in [3.8, 4) is 0 Å². The average molecular weight is 269 g/mol. The van der Waals surface area contributed by atoms with E-state index in [0.29, 0.717) is 0 Å². The van der Waals surface area contributed by atoms with Gasteiger partial charge in [0.1, 0.15) is 0 Å². The third kappa shape index (κ3) is 3.30. The molecule has 0 bridgehead atoms. The molecule has 0 atom stereocenters. The van der Waals surface area contributed by atoms with Crippen molar-refractivity contribution in [2.75, 3.05) is 44.6 Å². The molecule has 106 valence electrons. The highest BCUT2D eigenvalue weighted by Crippen LogP contribution is 2.22. The van der Waals surface area contributed by atoms with Gasteiger partial charge < -0.3 is 15.5 Å². The van der Waals surface area contributed by atoms with Crippen LogP contribution in [0.5, 0.6) is 0 Å². The predicted octanol–water partition coefficient (Wildman–Crippen LogP) is 2.55. The third-order valence-electron chi connectivity index (χ3n) is 3.97. The van der Waals surface area contributed by atoms with E-state index in [0.717, 1.165) is 19.6 Å². The van der Waals surface area contributed by atoms with Crippen LogP contribution in [0.15, 0.2) is 42.5 Å². The third-order valence-corrected chi connectivity index (χ3v) is 3.97. The smallest absolute Gasteiger partial charge is 0.0419 e. The molecule has 1 saturated heterocycles. The number of benzene rings is 2. The summed E-state index contributed by atoms with van der Waals surface area (Å²) in [7, 11) is 0. The molecule has 1 aliphatic rings. The van der Waals surface area contributed by atoms with Crippen molar-refractivity contribution in [2.24, 2.45) is 0 Å². The van der Waals surface area contributed by atoms with Gasteiger partial charge in [0.15, 0.2) is 0 Å². The molecule has 0 amide bonds. The second-order valence-electron chi connectivity index (χ2n) is 5.40. The SMILES string of the molecule is c1ccc2c(NCCCN3CCNCC3)cccc2c1. The van der Waals surface area contributed by atoms with E-state index in [2.05, 4.69) is 58.0 Å². The minimum Gasteiger partial charge on any atom is -0.384 e. The molecule has 1 fully saturated rings. The Kier molecular flexibility index (Phi) is 4.51.